The van der Waals surface area contributed by atoms with E-state index in [2.05, 4.69) is 10.3 Å². The predicted octanol–water partition coefficient (Wildman–Crippen LogP) is 2.62. The van der Waals surface area contributed by atoms with Gasteiger partial charge in [0, 0.05) is 12.3 Å². The zero-order valence-electron chi connectivity index (χ0n) is 9.98. The van der Waals surface area contributed by atoms with Crippen LogP contribution in [0.5, 0.6) is 5.88 Å². The van der Waals surface area contributed by atoms with Crippen LogP contribution in [0.4, 0.5) is 14.5 Å². The maximum Gasteiger partial charge on any atom is 0.261 e. The average molecular weight is 264 g/mol. The average Bonchev–Trinajstić information content (AvgIpc) is 2.42. The Morgan fingerprint density at radius 2 is 2.11 bits per heavy atom. The Kier molecular flexibility index (Phi) is 3.70. The number of hydrogen-bond donors (Lipinski definition) is 1. The zero-order chi connectivity index (χ0) is 13.8. The minimum Gasteiger partial charge on any atom is -0.480 e. The minimum atomic E-state index is -0.724. The van der Waals surface area contributed by atoms with Crippen molar-refractivity contribution in [2.24, 2.45) is 0 Å². The molecule has 1 aromatic heterocycles. The van der Waals surface area contributed by atoms with E-state index in [1.54, 1.807) is 6.07 Å². The number of pyridine rings is 1. The highest BCUT2D eigenvalue weighted by Crippen LogP contribution is 2.19. The Morgan fingerprint density at radius 1 is 1.32 bits per heavy atom. The molecule has 2 rings (SSSR count). The number of carbonyl (C=O) groups excluding carboxylic acids is 1. The molecule has 0 saturated carbocycles. The second-order valence-electron chi connectivity index (χ2n) is 3.64. The molecular weight excluding hydrogens is 254 g/mol. The largest absolute Gasteiger partial charge is 0.480 e. The van der Waals surface area contributed by atoms with Crippen molar-refractivity contribution in [1.82, 2.24) is 4.98 Å². The van der Waals surface area contributed by atoms with Gasteiger partial charge >= 0.3 is 0 Å². The predicted molar refractivity (Wildman–Crippen MR) is 65.1 cm³/mol. The first-order valence-corrected chi connectivity index (χ1v) is 5.37. The normalized spacial score (nSPS) is 10.1. The molecule has 0 aliphatic rings. The van der Waals surface area contributed by atoms with Crippen molar-refractivity contribution in [3.63, 3.8) is 0 Å². The van der Waals surface area contributed by atoms with E-state index in [9.17, 15) is 13.6 Å². The summed E-state index contributed by atoms with van der Waals surface area (Å²) in [4.78, 5) is 15.8. The van der Waals surface area contributed by atoms with E-state index in [0.717, 1.165) is 18.2 Å². The number of rotatable bonds is 3. The van der Waals surface area contributed by atoms with Crippen LogP contribution >= 0.6 is 0 Å². The lowest BCUT2D eigenvalue weighted by Gasteiger charge is -2.08. The number of carbonyl (C=O) groups is 1. The maximum atomic E-state index is 13.4. The summed E-state index contributed by atoms with van der Waals surface area (Å²) in [7, 11) is 1.36. The van der Waals surface area contributed by atoms with Gasteiger partial charge in [-0.25, -0.2) is 13.8 Å². The van der Waals surface area contributed by atoms with Gasteiger partial charge in [-0.15, -0.1) is 0 Å². The zero-order valence-corrected chi connectivity index (χ0v) is 9.98. The van der Waals surface area contributed by atoms with Crippen molar-refractivity contribution in [1.29, 1.82) is 0 Å². The molecule has 2 aromatic rings. The van der Waals surface area contributed by atoms with Crippen LogP contribution in [0.25, 0.3) is 0 Å². The molecule has 1 aromatic carbocycles. The van der Waals surface area contributed by atoms with Crippen molar-refractivity contribution in [2.45, 2.75) is 0 Å². The third-order valence-electron chi connectivity index (χ3n) is 2.39. The topological polar surface area (TPSA) is 51.2 Å². The smallest absolute Gasteiger partial charge is 0.261 e. The van der Waals surface area contributed by atoms with Gasteiger partial charge in [-0.1, -0.05) is 0 Å². The van der Waals surface area contributed by atoms with Crippen molar-refractivity contribution < 1.29 is 18.3 Å². The Hall–Kier alpha value is -2.50. The fourth-order valence-corrected chi connectivity index (χ4v) is 1.51. The highest BCUT2D eigenvalue weighted by atomic mass is 19.1. The quantitative estimate of drug-likeness (QED) is 0.927. The van der Waals surface area contributed by atoms with E-state index in [-0.39, 0.29) is 17.1 Å². The molecule has 0 aliphatic carbocycles. The summed E-state index contributed by atoms with van der Waals surface area (Å²) >= 11 is 0. The molecule has 1 N–H and O–H groups in total. The molecule has 6 heteroatoms. The van der Waals surface area contributed by atoms with E-state index >= 15 is 0 Å². The summed E-state index contributed by atoms with van der Waals surface area (Å²) in [6, 6.07) is 5.81. The van der Waals surface area contributed by atoms with Gasteiger partial charge in [0.1, 0.15) is 17.2 Å². The van der Waals surface area contributed by atoms with Crippen molar-refractivity contribution in [2.75, 3.05) is 12.4 Å². The highest BCUT2D eigenvalue weighted by molar-refractivity contribution is 6.05. The first-order chi connectivity index (χ1) is 9.11. The number of amides is 1. The molecule has 98 valence electrons. The number of benzene rings is 1. The van der Waals surface area contributed by atoms with Gasteiger partial charge in [0.25, 0.3) is 5.91 Å². The third-order valence-corrected chi connectivity index (χ3v) is 2.39. The number of anilines is 1. The Balaban J connectivity index is 2.28. The van der Waals surface area contributed by atoms with Gasteiger partial charge in [0.15, 0.2) is 0 Å². The summed E-state index contributed by atoms with van der Waals surface area (Å²) in [5.41, 5.74) is -0.107. The number of methoxy groups -OCH3 is 1. The summed E-state index contributed by atoms with van der Waals surface area (Å²) in [5.74, 6) is -1.89. The molecule has 0 atom stereocenters. The molecule has 0 unspecified atom stereocenters. The Bertz CT molecular complexity index is 617. The second kappa shape index (κ2) is 5.43. The fourth-order valence-electron chi connectivity index (χ4n) is 1.51. The molecule has 0 radical (unpaired) electrons. The fraction of sp³-hybridized carbons (Fsp3) is 0.0769. The van der Waals surface area contributed by atoms with Gasteiger partial charge < -0.3 is 10.1 Å². The Labute approximate surface area is 108 Å². The number of aromatic nitrogens is 1. The van der Waals surface area contributed by atoms with Crippen LogP contribution in [-0.4, -0.2) is 18.0 Å². The summed E-state index contributed by atoms with van der Waals surface area (Å²) < 4.78 is 31.3. The number of nitrogens with zero attached hydrogens (tertiary/aromatic N) is 1. The maximum absolute atomic E-state index is 13.4. The van der Waals surface area contributed by atoms with Crippen LogP contribution in [0, 0.1) is 11.6 Å². The van der Waals surface area contributed by atoms with Gasteiger partial charge in [-0.05, 0) is 24.3 Å². The summed E-state index contributed by atoms with van der Waals surface area (Å²) in [5, 5.41) is 2.27. The molecule has 0 aliphatic heterocycles. The van der Waals surface area contributed by atoms with Crippen molar-refractivity contribution in [3.8, 4) is 5.88 Å². The molecule has 4 nitrogen and oxygen atoms in total. The first kappa shape index (κ1) is 12.9. The number of ether oxygens (including phenoxy) is 1. The lowest BCUT2D eigenvalue weighted by Crippen LogP contribution is -2.14. The first-order valence-electron chi connectivity index (χ1n) is 5.37. The molecule has 1 heterocycles. The van der Waals surface area contributed by atoms with Gasteiger partial charge in [0.2, 0.25) is 5.88 Å². The van der Waals surface area contributed by atoms with Gasteiger partial charge in [-0.2, -0.15) is 0 Å². The van der Waals surface area contributed by atoms with Gasteiger partial charge in [0.05, 0.1) is 12.8 Å². The lowest BCUT2D eigenvalue weighted by molar-refractivity contribution is 0.102. The number of halogens is 2. The van der Waals surface area contributed by atoms with Gasteiger partial charge in [-0.3, -0.25) is 4.79 Å². The molecule has 0 saturated heterocycles. The van der Waals surface area contributed by atoms with E-state index in [0.29, 0.717) is 0 Å². The molecule has 0 fully saturated rings. The highest BCUT2D eigenvalue weighted by Gasteiger charge is 2.15. The van der Waals surface area contributed by atoms with Crippen molar-refractivity contribution >= 4 is 11.6 Å². The molecule has 0 bridgehead atoms. The SMILES string of the molecule is COc1ncccc1C(=O)Nc1cc(F)ccc1F. The number of hydrogen-bond acceptors (Lipinski definition) is 3. The minimum absolute atomic E-state index is 0.108. The molecular formula is C13H10F2N2O2. The summed E-state index contributed by atoms with van der Waals surface area (Å²) in [6.45, 7) is 0. The molecule has 0 spiro atoms. The summed E-state index contributed by atoms with van der Waals surface area (Å²) in [6.07, 6.45) is 1.46. The second-order valence-corrected chi connectivity index (χ2v) is 3.64. The monoisotopic (exact) mass is 264 g/mol. The van der Waals surface area contributed by atoms with Crippen molar-refractivity contribution in [3.05, 3.63) is 53.7 Å². The molecule has 19 heavy (non-hydrogen) atoms. The van der Waals surface area contributed by atoms with E-state index in [1.807, 2.05) is 0 Å². The Morgan fingerprint density at radius 3 is 2.84 bits per heavy atom. The van der Waals surface area contributed by atoms with E-state index in [4.69, 9.17) is 4.74 Å². The van der Waals surface area contributed by atoms with Crippen LogP contribution in [0.2, 0.25) is 0 Å². The molecule has 1 amide bonds. The van der Waals surface area contributed by atoms with Crippen LogP contribution in [-0.2, 0) is 0 Å². The van der Waals surface area contributed by atoms with E-state index < -0.39 is 17.5 Å². The van der Waals surface area contributed by atoms with Crippen LogP contribution < -0.4 is 10.1 Å². The lowest BCUT2D eigenvalue weighted by atomic mass is 10.2. The third kappa shape index (κ3) is 2.85. The van der Waals surface area contributed by atoms with Crippen LogP contribution in [0.3, 0.4) is 0 Å². The van der Waals surface area contributed by atoms with E-state index in [1.165, 1.54) is 19.4 Å². The standard InChI is InChI=1S/C13H10F2N2O2/c1-19-13-9(3-2-6-16-13)12(18)17-11-7-8(14)4-5-10(11)15/h2-7H,1H3,(H,17,18). The number of nitrogens with one attached hydrogen (secondary N) is 1. The van der Waals surface area contributed by atoms with Crippen LogP contribution in [0.1, 0.15) is 10.4 Å². The van der Waals surface area contributed by atoms with Crippen LogP contribution in [0.15, 0.2) is 36.5 Å².